The number of amides is 1. The van der Waals surface area contributed by atoms with Gasteiger partial charge in [0.2, 0.25) is 5.91 Å². The van der Waals surface area contributed by atoms with Gasteiger partial charge in [-0.05, 0) is 25.3 Å². The van der Waals surface area contributed by atoms with E-state index in [1.165, 1.54) is 12.8 Å². The zero-order valence-electron chi connectivity index (χ0n) is 9.52. The predicted octanol–water partition coefficient (Wildman–Crippen LogP) is 1.29. The fraction of sp³-hybridized carbons (Fsp3) is 0.909. The number of hydrogen-bond acceptors (Lipinski definition) is 2. The van der Waals surface area contributed by atoms with Gasteiger partial charge in [-0.15, -0.1) is 0 Å². The maximum Gasteiger partial charge on any atom is 0.221 e. The number of nitrogens with one attached hydrogen (secondary N) is 2. The Bertz CT molecular complexity index is 201. The largest absolute Gasteiger partial charge is 0.353 e. The Morgan fingerprint density at radius 3 is 2.71 bits per heavy atom. The molecule has 1 fully saturated rings. The van der Waals surface area contributed by atoms with E-state index in [4.69, 9.17) is 0 Å². The number of hydrogen-bond donors (Lipinski definition) is 2. The number of carbonyl (C=O) groups is 1. The van der Waals surface area contributed by atoms with Crippen molar-refractivity contribution in [1.29, 1.82) is 0 Å². The van der Waals surface area contributed by atoms with Gasteiger partial charge in [-0.25, -0.2) is 0 Å². The first-order chi connectivity index (χ1) is 6.56. The van der Waals surface area contributed by atoms with Crippen LogP contribution in [-0.4, -0.2) is 25.5 Å². The molecular weight excluding hydrogens is 176 g/mol. The van der Waals surface area contributed by atoms with Crippen LogP contribution in [0, 0.1) is 5.41 Å². The third kappa shape index (κ3) is 2.98. The van der Waals surface area contributed by atoms with Crippen LogP contribution in [-0.2, 0) is 4.79 Å². The van der Waals surface area contributed by atoms with Crippen LogP contribution in [0.5, 0.6) is 0 Å². The molecule has 82 valence electrons. The van der Waals surface area contributed by atoms with Crippen LogP contribution < -0.4 is 10.6 Å². The Morgan fingerprint density at radius 2 is 2.21 bits per heavy atom. The van der Waals surface area contributed by atoms with E-state index in [9.17, 15) is 4.79 Å². The monoisotopic (exact) mass is 198 g/mol. The van der Waals surface area contributed by atoms with Crippen LogP contribution in [0.25, 0.3) is 0 Å². The highest BCUT2D eigenvalue weighted by molar-refractivity contribution is 5.76. The molecule has 2 N–H and O–H groups in total. The van der Waals surface area contributed by atoms with Crippen LogP contribution in [0.4, 0.5) is 0 Å². The highest BCUT2D eigenvalue weighted by Crippen LogP contribution is 2.37. The minimum absolute atomic E-state index is 0.180. The Morgan fingerprint density at radius 1 is 1.50 bits per heavy atom. The van der Waals surface area contributed by atoms with Crippen molar-refractivity contribution in [1.82, 2.24) is 10.6 Å². The predicted molar refractivity (Wildman–Crippen MR) is 58.1 cm³/mol. The molecule has 1 rings (SSSR count). The maximum atomic E-state index is 11.5. The molecule has 1 aliphatic rings. The molecule has 0 aromatic rings. The molecule has 14 heavy (non-hydrogen) atoms. The van der Waals surface area contributed by atoms with E-state index in [1.807, 2.05) is 7.05 Å². The summed E-state index contributed by atoms with van der Waals surface area (Å²) in [5.74, 6) is 0.180. The Hall–Kier alpha value is -0.570. The summed E-state index contributed by atoms with van der Waals surface area (Å²) in [5, 5.41) is 6.11. The van der Waals surface area contributed by atoms with Crippen LogP contribution in [0.15, 0.2) is 0 Å². The maximum absolute atomic E-state index is 11.5. The molecule has 1 saturated carbocycles. The van der Waals surface area contributed by atoms with Crippen molar-refractivity contribution in [3.63, 3.8) is 0 Å². The molecule has 3 nitrogen and oxygen atoms in total. The van der Waals surface area contributed by atoms with Gasteiger partial charge < -0.3 is 10.6 Å². The lowest BCUT2D eigenvalue weighted by molar-refractivity contribution is -0.122. The first-order valence-corrected chi connectivity index (χ1v) is 5.50. The van der Waals surface area contributed by atoms with Crippen molar-refractivity contribution in [3.05, 3.63) is 0 Å². The number of rotatable bonds is 4. The lowest BCUT2D eigenvalue weighted by Gasteiger charge is -2.27. The van der Waals surface area contributed by atoms with E-state index >= 15 is 0 Å². The zero-order chi connectivity index (χ0) is 10.6. The summed E-state index contributed by atoms with van der Waals surface area (Å²) in [6, 6.07) is 0.381. The summed E-state index contributed by atoms with van der Waals surface area (Å²) < 4.78 is 0. The van der Waals surface area contributed by atoms with Gasteiger partial charge in [0.15, 0.2) is 0 Å². The van der Waals surface area contributed by atoms with E-state index in [1.54, 1.807) is 0 Å². The van der Waals surface area contributed by atoms with Gasteiger partial charge in [0.05, 0.1) is 0 Å². The first kappa shape index (κ1) is 11.5. The van der Waals surface area contributed by atoms with Crippen molar-refractivity contribution >= 4 is 5.91 Å². The molecular formula is C11H22N2O. The fourth-order valence-corrected chi connectivity index (χ4v) is 2.10. The van der Waals surface area contributed by atoms with Crippen molar-refractivity contribution in [2.75, 3.05) is 13.6 Å². The van der Waals surface area contributed by atoms with Gasteiger partial charge in [0.25, 0.3) is 0 Å². The molecule has 3 heteroatoms. The molecule has 0 spiro atoms. The molecule has 1 unspecified atom stereocenters. The third-order valence-corrected chi connectivity index (χ3v) is 3.19. The standard InChI is InChI=1S/C11H22N2O/c1-11(2)7-4-5-9(11)13-10(14)6-8-12-3/h9,12H,4-8H2,1-3H3,(H,13,14). The van der Waals surface area contributed by atoms with Gasteiger partial charge in [-0.2, -0.15) is 0 Å². The van der Waals surface area contributed by atoms with Gasteiger partial charge in [0, 0.05) is 19.0 Å². The number of carbonyl (C=O) groups excluding carboxylic acids is 1. The molecule has 1 aliphatic carbocycles. The minimum atomic E-state index is 0.180. The quantitative estimate of drug-likeness (QED) is 0.714. The normalized spacial score (nSPS) is 24.9. The second-order valence-electron chi connectivity index (χ2n) is 4.85. The van der Waals surface area contributed by atoms with Gasteiger partial charge in [-0.1, -0.05) is 20.3 Å². The van der Waals surface area contributed by atoms with Gasteiger partial charge in [0.1, 0.15) is 0 Å². The average Bonchev–Trinajstić information content (AvgIpc) is 2.43. The van der Waals surface area contributed by atoms with Gasteiger partial charge >= 0.3 is 0 Å². The SMILES string of the molecule is CNCCC(=O)NC1CCCC1(C)C. The van der Waals surface area contributed by atoms with Gasteiger partial charge in [-0.3, -0.25) is 4.79 Å². The zero-order valence-corrected chi connectivity index (χ0v) is 9.52. The molecule has 0 aromatic carbocycles. The van der Waals surface area contributed by atoms with E-state index in [0.29, 0.717) is 12.5 Å². The summed E-state index contributed by atoms with van der Waals surface area (Å²) in [6.07, 6.45) is 4.19. The second kappa shape index (κ2) is 4.78. The molecule has 0 aliphatic heterocycles. The van der Waals surface area contributed by atoms with Crippen LogP contribution in [0.2, 0.25) is 0 Å². The lowest BCUT2D eigenvalue weighted by atomic mass is 9.87. The molecule has 0 aromatic heterocycles. The lowest BCUT2D eigenvalue weighted by Crippen LogP contribution is -2.42. The summed E-state index contributed by atoms with van der Waals surface area (Å²) in [6.45, 7) is 5.24. The fourth-order valence-electron chi connectivity index (χ4n) is 2.10. The Balaban J connectivity index is 2.33. The van der Waals surface area contributed by atoms with E-state index in [0.717, 1.165) is 13.0 Å². The average molecular weight is 198 g/mol. The second-order valence-corrected chi connectivity index (χ2v) is 4.85. The highest BCUT2D eigenvalue weighted by atomic mass is 16.1. The molecule has 0 bridgehead atoms. The minimum Gasteiger partial charge on any atom is -0.353 e. The van der Waals surface area contributed by atoms with Crippen molar-refractivity contribution in [3.8, 4) is 0 Å². The molecule has 0 saturated heterocycles. The molecule has 1 atom stereocenters. The van der Waals surface area contributed by atoms with E-state index in [-0.39, 0.29) is 11.3 Å². The first-order valence-electron chi connectivity index (χ1n) is 5.50. The third-order valence-electron chi connectivity index (χ3n) is 3.19. The summed E-state index contributed by atoms with van der Waals surface area (Å²) in [5.41, 5.74) is 0.287. The van der Waals surface area contributed by atoms with E-state index < -0.39 is 0 Å². The molecule has 0 radical (unpaired) electrons. The summed E-state index contributed by atoms with van der Waals surface area (Å²) in [4.78, 5) is 11.5. The van der Waals surface area contributed by atoms with Crippen LogP contribution >= 0.6 is 0 Å². The Labute approximate surface area is 86.6 Å². The molecule has 1 amide bonds. The molecule has 0 heterocycles. The summed E-state index contributed by atoms with van der Waals surface area (Å²) >= 11 is 0. The van der Waals surface area contributed by atoms with Crippen molar-refractivity contribution in [2.45, 2.75) is 45.6 Å². The van der Waals surface area contributed by atoms with E-state index in [2.05, 4.69) is 24.5 Å². The van der Waals surface area contributed by atoms with Crippen LogP contribution in [0.1, 0.15) is 39.5 Å². The Kier molecular flexibility index (Phi) is 3.93. The summed E-state index contributed by atoms with van der Waals surface area (Å²) in [7, 11) is 1.87. The van der Waals surface area contributed by atoms with Crippen molar-refractivity contribution in [2.24, 2.45) is 5.41 Å². The smallest absolute Gasteiger partial charge is 0.221 e. The van der Waals surface area contributed by atoms with Crippen LogP contribution in [0.3, 0.4) is 0 Å². The topological polar surface area (TPSA) is 41.1 Å². The van der Waals surface area contributed by atoms with Crippen molar-refractivity contribution < 1.29 is 4.79 Å². The highest BCUT2D eigenvalue weighted by Gasteiger charge is 2.34.